The number of hydrogen-bond donors (Lipinski definition) is 0. The third-order valence-electron chi connectivity index (χ3n) is 4.42. The molecule has 24 heavy (non-hydrogen) atoms. The third-order valence-corrected chi connectivity index (χ3v) is 4.42. The van der Waals surface area contributed by atoms with E-state index in [2.05, 4.69) is 74.8 Å². The highest BCUT2D eigenvalue weighted by Gasteiger charge is 2.11. The summed E-state index contributed by atoms with van der Waals surface area (Å²) >= 11 is 0. The maximum absolute atomic E-state index is 4.67. The molecular weight excluding hydrogens is 290 g/mol. The number of aryl methyl sites for hydroxylation is 3. The highest BCUT2D eigenvalue weighted by Crippen LogP contribution is 2.32. The molecule has 0 aliphatic heterocycles. The number of benzene rings is 2. The summed E-state index contributed by atoms with van der Waals surface area (Å²) < 4.78 is 0. The Hall–Kier alpha value is -2.67. The first-order valence-electron chi connectivity index (χ1n) is 8.30. The number of allylic oxidation sites excluding steroid dienone is 3. The van der Waals surface area contributed by atoms with Gasteiger partial charge in [0.05, 0.1) is 5.69 Å². The van der Waals surface area contributed by atoms with E-state index in [1.165, 1.54) is 38.6 Å². The Kier molecular flexibility index (Phi) is 4.35. The summed E-state index contributed by atoms with van der Waals surface area (Å²) in [5.74, 6) is 0. The molecule has 0 saturated carbocycles. The fraction of sp³-hybridized carbons (Fsp3) is 0.174. The summed E-state index contributed by atoms with van der Waals surface area (Å²) in [5, 5.41) is 2.43. The van der Waals surface area contributed by atoms with Crippen LogP contribution in [0.4, 0.5) is 0 Å². The molecule has 1 nitrogen and oxygen atoms in total. The molecule has 0 radical (unpaired) electrons. The number of pyridine rings is 1. The lowest BCUT2D eigenvalue weighted by Crippen LogP contribution is -1.93. The predicted octanol–water partition coefficient (Wildman–Crippen LogP) is 6.42. The van der Waals surface area contributed by atoms with Gasteiger partial charge in [0.1, 0.15) is 0 Å². The monoisotopic (exact) mass is 313 g/mol. The van der Waals surface area contributed by atoms with Crippen LogP contribution in [0.15, 0.2) is 61.3 Å². The summed E-state index contributed by atoms with van der Waals surface area (Å²) in [4.78, 5) is 4.67. The molecule has 2 aromatic carbocycles. The Labute approximate surface area is 144 Å². The Morgan fingerprint density at radius 1 is 0.958 bits per heavy atom. The van der Waals surface area contributed by atoms with E-state index >= 15 is 0 Å². The van der Waals surface area contributed by atoms with Gasteiger partial charge in [-0.3, -0.25) is 4.98 Å². The Morgan fingerprint density at radius 3 is 2.33 bits per heavy atom. The van der Waals surface area contributed by atoms with Crippen molar-refractivity contribution in [1.82, 2.24) is 4.98 Å². The molecule has 0 atom stereocenters. The van der Waals surface area contributed by atoms with Crippen LogP contribution in [0.1, 0.15) is 29.2 Å². The van der Waals surface area contributed by atoms with Crippen molar-refractivity contribution in [3.63, 3.8) is 0 Å². The van der Waals surface area contributed by atoms with Crippen LogP contribution in [0.5, 0.6) is 0 Å². The van der Waals surface area contributed by atoms with Crippen LogP contribution in [0, 0.1) is 20.8 Å². The van der Waals surface area contributed by atoms with Crippen molar-refractivity contribution in [2.24, 2.45) is 0 Å². The maximum atomic E-state index is 4.67. The van der Waals surface area contributed by atoms with Gasteiger partial charge in [0.2, 0.25) is 0 Å². The van der Waals surface area contributed by atoms with E-state index in [4.69, 9.17) is 0 Å². The van der Waals surface area contributed by atoms with Crippen LogP contribution < -0.4 is 0 Å². The summed E-state index contributed by atoms with van der Waals surface area (Å²) in [6.45, 7) is 12.6. The average molecular weight is 313 g/mol. The van der Waals surface area contributed by atoms with Gasteiger partial charge in [-0.25, -0.2) is 0 Å². The molecule has 0 amide bonds. The highest BCUT2D eigenvalue weighted by atomic mass is 14.7. The number of rotatable bonds is 3. The topological polar surface area (TPSA) is 12.9 Å². The number of nitrogens with zero attached hydrogens (tertiary/aromatic N) is 1. The van der Waals surface area contributed by atoms with E-state index in [1.807, 2.05) is 19.2 Å². The largest absolute Gasteiger partial charge is 0.256 e. The standard InChI is InChI=1S/C23H23N/c1-6-7-17(4)20-8-9-22-21(18(20)5)10-11-24-23(22)19-13-15(2)12-16(3)14-19/h6-14H,4H2,1-3,5H3/b7-6-. The lowest BCUT2D eigenvalue weighted by Gasteiger charge is -2.13. The van der Waals surface area contributed by atoms with Gasteiger partial charge in [0.15, 0.2) is 0 Å². The van der Waals surface area contributed by atoms with Crippen LogP contribution in [0.3, 0.4) is 0 Å². The van der Waals surface area contributed by atoms with Gasteiger partial charge in [-0.2, -0.15) is 0 Å². The van der Waals surface area contributed by atoms with Crippen LogP contribution in [0.25, 0.3) is 27.6 Å². The van der Waals surface area contributed by atoms with Gasteiger partial charge in [-0.15, -0.1) is 0 Å². The summed E-state index contributed by atoms with van der Waals surface area (Å²) in [5.41, 5.74) is 8.24. The van der Waals surface area contributed by atoms with Crippen molar-refractivity contribution >= 4 is 16.3 Å². The first-order valence-corrected chi connectivity index (χ1v) is 8.30. The van der Waals surface area contributed by atoms with E-state index < -0.39 is 0 Å². The first-order chi connectivity index (χ1) is 11.5. The molecule has 0 spiro atoms. The van der Waals surface area contributed by atoms with Gasteiger partial charge in [0, 0.05) is 17.1 Å². The fourth-order valence-corrected chi connectivity index (χ4v) is 3.39. The van der Waals surface area contributed by atoms with E-state index in [0.29, 0.717) is 0 Å². The molecule has 1 heterocycles. The second-order valence-electron chi connectivity index (χ2n) is 6.39. The zero-order valence-corrected chi connectivity index (χ0v) is 14.9. The molecule has 1 heteroatoms. The summed E-state index contributed by atoms with van der Waals surface area (Å²) in [6.07, 6.45) is 5.99. The van der Waals surface area contributed by atoms with Crippen LogP contribution in [0.2, 0.25) is 0 Å². The van der Waals surface area contributed by atoms with Crippen LogP contribution >= 0.6 is 0 Å². The van der Waals surface area contributed by atoms with Gasteiger partial charge in [0.25, 0.3) is 0 Å². The second kappa shape index (κ2) is 6.45. The van der Waals surface area contributed by atoms with Crippen LogP contribution in [-0.2, 0) is 0 Å². The number of hydrogen-bond acceptors (Lipinski definition) is 1. The quantitative estimate of drug-likeness (QED) is 0.509. The lowest BCUT2D eigenvalue weighted by molar-refractivity contribution is 1.32. The van der Waals surface area contributed by atoms with Crippen molar-refractivity contribution in [3.05, 3.63) is 83.6 Å². The highest BCUT2D eigenvalue weighted by molar-refractivity contribution is 5.99. The smallest absolute Gasteiger partial charge is 0.0780 e. The van der Waals surface area contributed by atoms with Crippen molar-refractivity contribution in [2.45, 2.75) is 27.7 Å². The van der Waals surface area contributed by atoms with Gasteiger partial charge >= 0.3 is 0 Å². The molecule has 0 unspecified atom stereocenters. The predicted molar refractivity (Wildman–Crippen MR) is 105 cm³/mol. The SMILES string of the molecule is C=C(/C=C\C)c1ccc2c(-c3cc(C)cc(C)c3)nccc2c1C. The maximum Gasteiger partial charge on any atom is 0.0780 e. The zero-order chi connectivity index (χ0) is 17.3. The average Bonchev–Trinajstić information content (AvgIpc) is 2.54. The minimum absolute atomic E-state index is 1.04. The minimum Gasteiger partial charge on any atom is -0.256 e. The van der Waals surface area contributed by atoms with Gasteiger partial charge in [-0.1, -0.05) is 48.1 Å². The van der Waals surface area contributed by atoms with Gasteiger partial charge in [-0.05, 0) is 68.0 Å². The molecule has 0 N–H and O–H groups in total. The van der Waals surface area contributed by atoms with Gasteiger partial charge < -0.3 is 0 Å². The molecule has 3 aromatic rings. The molecule has 1 aromatic heterocycles. The van der Waals surface area contributed by atoms with E-state index in [-0.39, 0.29) is 0 Å². The molecule has 120 valence electrons. The Balaban J connectivity index is 2.25. The number of aromatic nitrogens is 1. The molecule has 0 aliphatic carbocycles. The van der Waals surface area contributed by atoms with E-state index in [9.17, 15) is 0 Å². The fourth-order valence-electron chi connectivity index (χ4n) is 3.39. The molecule has 0 saturated heterocycles. The first kappa shape index (κ1) is 16.2. The summed E-state index contributed by atoms with van der Waals surface area (Å²) in [6, 6.07) is 13.0. The lowest BCUT2D eigenvalue weighted by atomic mass is 9.93. The van der Waals surface area contributed by atoms with E-state index in [1.54, 1.807) is 0 Å². The number of fused-ring (bicyclic) bond motifs is 1. The van der Waals surface area contributed by atoms with Crippen molar-refractivity contribution in [2.75, 3.05) is 0 Å². The Bertz CT molecular complexity index is 941. The Morgan fingerprint density at radius 2 is 1.67 bits per heavy atom. The van der Waals surface area contributed by atoms with Crippen molar-refractivity contribution < 1.29 is 0 Å². The third kappa shape index (κ3) is 2.90. The molecule has 0 bridgehead atoms. The molecule has 0 fully saturated rings. The second-order valence-corrected chi connectivity index (χ2v) is 6.39. The van der Waals surface area contributed by atoms with Crippen molar-refractivity contribution in [1.29, 1.82) is 0 Å². The molecule has 0 aliphatic rings. The van der Waals surface area contributed by atoms with E-state index in [0.717, 1.165) is 11.3 Å². The summed E-state index contributed by atoms with van der Waals surface area (Å²) in [7, 11) is 0. The molecule has 3 rings (SSSR count). The minimum atomic E-state index is 1.04. The zero-order valence-electron chi connectivity index (χ0n) is 14.9. The normalized spacial score (nSPS) is 11.3. The van der Waals surface area contributed by atoms with Crippen LogP contribution in [-0.4, -0.2) is 4.98 Å². The van der Waals surface area contributed by atoms with Crippen molar-refractivity contribution in [3.8, 4) is 11.3 Å². The molecular formula is C23H23N.